The van der Waals surface area contributed by atoms with E-state index in [0.717, 1.165) is 77.0 Å². The molecule has 0 aromatic heterocycles. The molecule has 0 bridgehead atoms. The number of hydrogen-bond acceptors (Lipinski definition) is 14. The van der Waals surface area contributed by atoms with Crippen LogP contribution in [0.15, 0.2) is 0 Å². The van der Waals surface area contributed by atoms with Gasteiger partial charge in [-0.05, 0) is 195 Å². The van der Waals surface area contributed by atoms with Gasteiger partial charge in [0.05, 0.1) is 68.4 Å². The second-order valence-corrected chi connectivity index (χ2v) is 28.4. The van der Waals surface area contributed by atoms with Crippen molar-refractivity contribution in [3.05, 3.63) is 0 Å². The summed E-state index contributed by atoms with van der Waals surface area (Å²) in [7, 11) is -8.69. The van der Waals surface area contributed by atoms with E-state index in [1.54, 1.807) is 0 Å². The van der Waals surface area contributed by atoms with Crippen molar-refractivity contribution in [2.45, 2.75) is 194 Å². The Morgan fingerprint density at radius 1 is 0.542 bits per heavy atom. The van der Waals surface area contributed by atoms with E-state index in [9.17, 15) is 66.2 Å². The normalized spacial score (nSPS) is 45.0. The molecule has 404 valence electrons. The number of hydrogen-bond donors (Lipinski definition) is 8. The molecular weight excluding hydrogens is 987 g/mol. The van der Waals surface area contributed by atoms with Gasteiger partial charge < -0.3 is 50.4 Å². The Balaban J connectivity index is 0.000000260. The van der Waals surface area contributed by atoms with E-state index in [-0.39, 0.29) is 190 Å². The fraction of sp³-hybridized carbons (Fsp3) is 0.962. The number of rotatable bonds is 14. The average Bonchev–Trinajstić information content (AvgIpc) is 3.81. The van der Waals surface area contributed by atoms with Gasteiger partial charge in [-0.3, -0.25) is 9.59 Å². The van der Waals surface area contributed by atoms with Crippen molar-refractivity contribution in [2.24, 2.45) is 92.7 Å². The molecule has 2 amide bonds. The Kier molecular flexibility index (Phi) is 21.5. The van der Waals surface area contributed by atoms with Gasteiger partial charge in [0, 0.05) is 25.9 Å². The fourth-order valence-corrected chi connectivity index (χ4v) is 18.9. The molecule has 0 spiro atoms. The summed E-state index contributed by atoms with van der Waals surface area (Å²) in [6.45, 7) is 13.0. The molecule has 0 aromatic carbocycles. The molecule has 8 aliphatic rings. The molecule has 20 heteroatoms. The molecule has 0 heterocycles. The molecule has 8 rings (SSSR count). The van der Waals surface area contributed by atoms with Crippen LogP contribution in [-0.4, -0.2) is 130 Å². The Labute approximate surface area is 475 Å². The van der Waals surface area contributed by atoms with Crippen molar-refractivity contribution in [1.82, 2.24) is 10.6 Å². The standard InChI is InChI=1S/2C26H45NO7S.2Na/c2*1-15(4-7-23(31)27-10-11-35(32,33)34)18-5-6-19-24-20(14-22(30)26(18,19)3)25(2)9-8-17(28)12-16(25)13-21(24)29;;/h2*15-22,24,28-30H,4-14H2,1-3H3,(H,27,31)(H,32,33,34);;/q;;2*+1/p-2/t2*15-,16?,17-,18-,19?,20?,21-,22+,24?,25+,26-;;/m11../s1. The summed E-state index contributed by atoms with van der Waals surface area (Å²) >= 11 is 0. The third-order valence-electron chi connectivity index (χ3n) is 22.0. The summed E-state index contributed by atoms with van der Waals surface area (Å²) in [6.07, 6.45) is 11.2. The van der Waals surface area contributed by atoms with Crippen LogP contribution in [0.25, 0.3) is 0 Å². The van der Waals surface area contributed by atoms with Crippen molar-refractivity contribution in [2.75, 3.05) is 24.6 Å². The van der Waals surface area contributed by atoms with Crippen molar-refractivity contribution in [1.29, 1.82) is 0 Å². The maximum absolute atomic E-state index is 12.2. The quantitative estimate of drug-likeness (QED) is 0.0695. The molecule has 8 unspecified atom stereocenters. The monoisotopic (exact) mass is 1070 g/mol. The first-order valence-corrected chi connectivity index (χ1v) is 30.2. The average molecular weight is 1080 g/mol. The molecular formula is C52H88N2Na2O14S2. The van der Waals surface area contributed by atoms with E-state index < -0.39 is 56.2 Å². The van der Waals surface area contributed by atoms with E-state index >= 15 is 0 Å². The largest absolute Gasteiger partial charge is 1.00 e. The van der Waals surface area contributed by atoms with Crippen molar-refractivity contribution in [3.63, 3.8) is 0 Å². The van der Waals surface area contributed by atoms with Crippen molar-refractivity contribution < 1.29 is 125 Å². The number of carbonyl (C=O) groups excluding carboxylic acids is 2. The molecule has 8 fully saturated rings. The predicted molar refractivity (Wildman–Crippen MR) is 260 cm³/mol. The molecule has 0 aliphatic heterocycles. The van der Waals surface area contributed by atoms with Crippen LogP contribution in [0, 0.1) is 92.7 Å². The van der Waals surface area contributed by atoms with Gasteiger partial charge in [0.1, 0.15) is 0 Å². The summed E-state index contributed by atoms with van der Waals surface area (Å²) in [6, 6.07) is 0. The second-order valence-electron chi connectivity index (χ2n) is 25.3. The molecule has 8 aliphatic carbocycles. The van der Waals surface area contributed by atoms with Crippen LogP contribution in [0.4, 0.5) is 0 Å². The van der Waals surface area contributed by atoms with E-state index in [1.807, 2.05) is 0 Å². The zero-order valence-electron chi connectivity index (χ0n) is 44.7. The maximum Gasteiger partial charge on any atom is 1.00 e. The number of fused-ring (bicyclic) bond motifs is 10. The topological polar surface area (TPSA) is 294 Å². The molecule has 8 saturated carbocycles. The van der Waals surface area contributed by atoms with Gasteiger partial charge in [-0.15, -0.1) is 0 Å². The molecule has 0 saturated heterocycles. The first-order valence-electron chi connectivity index (χ1n) is 27.0. The smallest absolute Gasteiger partial charge is 0.748 e. The molecule has 0 radical (unpaired) electrons. The molecule has 72 heavy (non-hydrogen) atoms. The summed E-state index contributed by atoms with van der Waals surface area (Å²) < 4.78 is 64.4. The summed E-state index contributed by atoms with van der Waals surface area (Å²) in [5, 5.41) is 71.5. The SMILES string of the molecule is C[C@H](CCC(=O)NCCS(=O)(=O)[O-])[C@H]1CCC2C3C(C[C@H](O)[C@@]21C)[C@@]1(C)CC[C@@H](O)CC1C[C@H]3O.C[C@H](CCC(=O)NCCS(=O)(=O)[O-])[C@H]1CCC2C3C(C[C@H](O)[C@@]21C)[C@@]1(C)CC[C@@H](O)CC1C[C@H]3O.[Na+].[Na+]. The van der Waals surface area contributed by atoms with Gasteiger partial charge in [0.15, 0.2) is 0 Å². The third kappa shape index (κ3) is 12.9. The molecule has 8 N–H and O–H groups in total. The Morgan fingerprint density at radius 3 is 1.22 bits per heavy atom. The van der Waals surface area contributed by atoms with Crippen LogP contribution in [0.5, 0.6) is 0 Å². The van der Waals surface area contributed by atoms with E-state index in [4.69, 9.17) is 0 Å². The van der Waals surface area contributed by atoms with Gasteiger partial charge >= 0.3 is 59.1 Å². The summed E-state index contributed by atoms with van der Waals surface area (Å²) in [4.78, 5) is 24.4. The minimum Gasteiger partial charge on any atom is -0.748 e. The zero-order chi connectivity index (χ0) is 51.5. The van der Waals surface area contributed by atoms with Crippen LogP contribution < -0.4 is 69.7 Å². The number of aliphatic hydroxyl groups excluding tert-OH is 6. The Hall–Kier alpha value is 0.520. The Bertz CT molecular complexity index is 1950. The summed E-state index contributed by atoms with van der Waals surface area (Å²) in [5.74, 6) is 1.04. The van der Waals surface area contributed by atoms with Crippen LogP contribution in [0.3, 0.4) is 0 Å². The van der Waals surface area contributed by atoms with Gasteiger partial charge in [0.25, 0.3) is 0 Å². The summed E-state index contributed by atoms with van der Waals surface area (Å²) in [5.41, 5.74) is -0.534. The number of aliphatic hydroxyl groups is 6. The van der Waals surface area contributed by atoms with Gasteiger partial charge in [-0.2, -0.15) is 0 Å². The minimum absolute atomic E-state index is 0. The molecule has 22 atom stereocenters. The van der Waals surface area contributed by atoms with Gasteiger partial charge in [-0.25, -0.2) is 16.8 Å². The van der Waals surface area contributed by atoms with E-state index in [2.05, 4.69) is 52.2 Å². The number of nitrogens with one attached hydrogen (secondary N) is 2. The zero-order valence-corrected chi connectivity index (χ0v) is 50.3. The maximum atomic E-state index is 12.2. The van der Waals surface area contributed by atoms with Gasteiger partial charge in [0.2, 0.25) is 11.8 Å². The molecule has 16 nitrogen and oxygen atoms in total. The third-order valence-corrected chi connectivity index (χ3v) is 23.5. The van der Waals surface area contributed by atoms with Crippen molar-refractivity contribution >= 4 is 32.1 Å². The molecule has 0 aromatic rings. The first kappa shape index (κ1) is 63.4. The van der Waals surface area contributed by atoms with Crippen molar-refractivity contribution in [3.8, 4) is 0 Å². The second kappa shape index (κ2) is 24.5. The van der Waals surface area contributed by atoms with Crippen LogP contribution >= 0.6 is 0 Å². The van der Waals surface area contributed by atoms with Crippen LogP contribution in [-0.2, 0) is 29.8 Å². The van der Waals surface area contributed by atoms with Crippen LogP contribution in [0.1, 0.15) is 157 Å². The fourth-order valence-electron chi connectivity index (χ4n) is 18.2. The number of amides is 2. The Morgan fingerprint density at radius 2 is 0.889 bits per heavy atom. The number of carbonyl (C=O) groups is 2. The predicted octanol–water partition coefficient (Wildman–Crippen LogP) is -1.94. The van der Waals surface area contributed by atoms with E-state index in [0.29, 0.717) is 37.5 Å². The van der Waals surface area contributed by atoms with E-state index in [1.165, 1.54) is 0 Å². The minimum atomic E-state index is -4.35. The first-order chi connectivity index (χ1) is 32.5. The van der Waals surface area contributed by atoms with Gasteiger partial charge in [-0.1, -0.05) is 41.5 Å². The van der Waals surface area contributed by atoms with Crippen LogP contribution in [0.2, 0.25) is 0 Å².